The van der Waals surface area contributed by atoms with Crippen LogP contribution in [0.2, 0.25) is 0 Å². The van der Waals surface area contributed by atoms with Gasteiger partial charge in [0.15, 0.2) is 11.6 Å². The van der Waals surface area contributed by atoms with Gasteiger partial charge in [-0.1, -0.05) is 0 Å². The van der Waals surface area contributed by atoms with E-state index in [1.54, 1.807) is 27.8 Å². The van der Waals surface area contributed by atoms with Gasteiger partial charge in [-0.15, -0.1) is 0 Å². The van der Waals surface area contributed by atoms with Crippen molar-refractivity contribution in [2.24, 2.45) is 0 Å². The molecule has 3 aromatic rings. The van der Waals surface area contributed by atoms with E-state index >= 15 is 8.78 Å². The van der Waals surface area contributed by atoms with Crippen molar-refractivity contribution in [1.29, 1.82) is 0 Å². The van der Waals surface area contributed by atoms with Crippen LogP contribution < -0.4 is 21.1 Å². The molecule has 184 valence electrons. The molecule has 2 aliphatic heterocycles. The van der Waals surface area contributed by atoms with Crippen molar-refractivity contribution in [1.82, 2.24) is 9.36 Å². The van der Waals surface area contributed by atoms with Crippen molar-refractivity contribution >= 4 is 39.8 Å². The van der Waals surface area contributed by atoms with Gasteiger partial charge in [0.2, 0.25) is 0 Å². The molecule has 11 heteroatoms. The second-order valence-corrected chi connectivity index (χ2v) is 8.93. The predicted octanol–water partition coefficient (Wildman–Crippen LogP) is 2.88. The van der Waals surface area contributed by atoms with Crippen LogP contribution in [0.15, 0.2) is 35.1 Å². The molecule has 0 aliphatic carbocycles. The van der Waals surface area contributed by atoms with Gasteiger partial charge in [0.25, 0.3) is 5.56 Å². The van der Waals surface area contributed by atoms with Crippen LogP contribution in [0, 0.1) is 11.6 Å². The van der Waals surface area contributed by atoms with Crippen molar-refractivity contribution in [2.45, 2.75) is 39.0 Å². The monoisotopic (exact) mass is 485 g/mol. The van der Waals surface area contributed by atoms with Gasteiger partial charge < -0.3 is 20.2 Å². The Morgan fingerprint density at radius 3 is 2.43 bits per heavy atom. The van der Waals surface area contributed by atoms with E-state index in [0.29, 0.717) is 29.6 Å². The lowest BCUT2D eigenvalue weighted by atomic mass is 10.1. The molecule has 0 unspecified atom stereocenters. The van der Waals surface area contributed by atoms with Crippen LogP contribution in [0.25, 0.3) is 10.9 Å². The third-order valence-corrected chi connectivity index (χ3v) is 6.54. The second-order valence-electron chi connectivity index (χ2n) is 8.93. The largest absolute Gasteiger partial charge is 0.444 e. The molecule has 0 saturated carbocycles. The van der Waals surface area contributed by atoms with Crippen molar-refractivity contribution in [3.8, 4) is 0 Å². The van der Waals surface area contributed by atoms with Crippen molar-refractivity contribution in [3.05, 3.63) is 52.3 Å². The van der Waals surface area contributed by atoms with Crippen LogP contribution in [0.5, 0.6) is 0 Å². The van der Waals surface area contributed by atoms with E-state index in [0.717, 1.165) is 12.1 Å². The van der Waals surface area contributed by atoms with Crippen LogP contribution in [-0.2, 0) is 22.6 Å². The van der Waals surface area contributed by atoms with Crippen molar-refractivity contribution in [2.75, 3.05) is 35.2 Å². The number of ether oxygens (including phenoxy) is 1. The number of nitrogen functional groups attached to an aromatic ring is 1. The number of Topliss-reactive ketones (excluding diaryl/α,β-unsaturated/α-hetero) is 1. The zero-order valence-corrected chi connectivity index (χ0v) is 19.2. The fourth-order valence-corrected chi connectivity index (χ4v) is 4.82. The molecule has 2 aromatic carbocycles. The van der Waals surface area contributed by atoms with Gasteiger partial charge in [0.05, 0.1) is 36.2 Å². The number of carbonyl (C=O) groups is 2. The Morgan fingerprint density at radius 1 is 1.06 bits per heavy atom. The van der Waals surface area contributed by atoms with E-state index in [-0.39, 0.29) is 55.3 Å². The molecule has 3 heterocycles. The van der Waals surface area contributed by atoms with Crippen molar-refractivity contribution in [3.63, 3.8) is 0 Å². The van der Waals surface area contributed by atoms with Crippen molar-refractivity contribution < 1.29 is 23.1 Å². The predicted molar refractivity (Wildman–Crippen MR) is 127 cm³/mol. The van der Waals surface area contributed by atoms with Crippen LogP contribution in [0.1, 0.15) is 19.8 Å². The number of rotatable bonds is 5. The number of nitrogens with zero attached hydrogens (tertiary/aromatic N) is 4. The zero-order chi connectivity index (χ0) is 24.9. The van der Waals surface area contributed by atoms with Gasteiger partial charge >= 0.3 is 6.09 Å². The lowest BCUT2D eigenvalue weighted by molar-refractivity contribution is -0.117. The van der Waals surface area contributed by atoms with Crippen LogP contribution >= 0.6 is 0 Å². The summed E-state index contributed by atoms with van der Waals surface area (Å²) in [5, 5.41) is 0.513. The Labute approximate surface area is 199 Å². The highest BCUT2D eigenvalue weighted by Crippen LogP contribution is 2.32. The fourth-order valence-electron chi connectivity index (χ4n) is 4.82. The number of ketones is 1. The lowest BCUT2D eigenvalue weighted by Gasteiger charge is -2.24. The van der Waals surface area contributed by atoms with E-state index in [4.69, 9.17) is 10.5 Å². The number of hydrogen-bond donors (Lipinski definition) is 1. The first-order valence-electron chi connectivity index (χ1n) is 11.4. The first-order valence-corrected chi connectivity index (χ1v) is 11.4. The molecule has 35 heavy (non-hydrogen) atoms. The Kier molecular flexibility index (Phi) is 5.70. The minimum absolute atomic E-state index is 0.0236. The number of aromatic nitrogens is 2. The van der Waals surface area contributed by atoms with Gasteiger partial charge in [-0.05, 0) is 31.5 Å². The highest BCUT2D eigenvalue weighted by molar-refractivity contribution is 5.90. The van der Waals surface area contributed by atoms with Gasteiger partial charge in [0.1, 0.15) is 17.6 Å². The molecule has 1 saturated heterocycles. The summed E-state index contributed by atoms with van der Waals surface area (Å²) < 4.78 is 39.0. The highest BCUT2D eigenvalue weighted by atomic mass is 19.1. The quantitative estimate of drug-likeness (QED) is 0.558. The second kappa shape index (κ2) is 8.71. The molecule has 1 fully saturated rings. The van der Waals surface area contributed by atoms with Crippen LogP contribution in [0.3, 0.4) is 0 Å². The van der Waals surface area contributed by atoms with Gasteiger partial charge in [0, 0.05) is 37.3 Å². The summed E-state index contributed by atoms with van der Waals surface area (Å²) in [6.07, 6.45) is -0.598. The summed E-state index contributed by atoms with van der Waals surface area (Å²) in [6.45, 7) is 2.65. The Hall–Kier alpha value is -3.89. The smallest absolute Gasteiger partial charge is 0.414 e. The van der Waals surface area contributed by atoms with E-state index in [9.17, 15) is 14.4 Å². The average molecular weight is 485 g/mol. The molecular weight excluding hydrogens is 460 g/mol. The average Bonchev–Trinajstić information content (AvgIpc) is 3.20. The maximum absolute atomic E-state index is 15.2. The molecule has 0 spiro atoms. The van der Waals surface area contributed by atoms with Gasteiger partial charge in [-0.3, -0.25) is 14.4 Å². The highest BCUT2D eigenvalue weighted by Gasteiger charge is 2.34. The van der Waals surface area contributed by atoms with E-state index in [1.807, 2.05) is 4.68 Å². The number of amides is 1. The first-order chi connectivity index (χ1) is 16.7. The molecule has 1 amide bonds. The number of halogens is 2. The molecule has 0 radical (unpaired) electrons. The SMILES string of the molecule is CC(=O)CC[C@H]1CN(c2cc(F)c(N3CCn4c(=O)c5cc(N)ccc5n4CC3)c(F)c2)C(=O)O1. The molecule has 2 N–H and O–H groups in total. The zero-order valence-electron chi connectivity index (χ0n) is 19.2. The Balaban J connectivity index is 1.37. The molecule has 2 aliphatic rings. The summed E-state index contributed by atoms with van der Waals surface area (Å²) in [4.78, 5) is 39.0. The van der Waals surface area contributed by atoms with Crippen LogP contribution in [0.4, 0.5) is 30.6 Å². The standard InChI is InChI=1S/C24H25F2N5O4/c1-14(32)2-4-17-13-29(24(34)35-17)16-11-19(25)22(20(26)12-16)28-6-8-30-21-5-3-15(27)10-18(21)23(33)31(30)9-7-28/h3,5,10-12,17H,2,4,6-9,13,27H2,1H3/t17-/m0/s1. The summed E-state index contributed by atoms with van der Waals surface area (Å²) in [7, 11) is 0. The topological polar surface area (TPSA) is 103 Å². The Morgan fingerprint density at radius 2 is 1.74 bits per heavy atom. The number of anilines is 3. The van der Waals surface area contributed by atoms with Gasteiger partial charge in [-0.25, -0.2) is 18.3 Å². The van der Waals surface area contributed by atoms with E-state index in [1.165, 1.54) is 11.8 Å². The summed E-state index contributed by atoms with van der Waals surface area (Å²) in [5.41, 5.74) is 6.68. The molecular formula is C24H25F2N5O4. The normalized spacial score (nSPS) is 18.0. The van der Waals surface area contributed by atoms with Crippen LogP contribution in [-0.4, -0.2) is 47.0 Å². The first kappa shape index (κ1) is 22.9. The maximum Gasteiger partial charge on any atom is 0.414 e. The molecule has 1 aromatic heterocycles. The third-order valence-electron chi connectivity index (χ3n) is 6.54. The summed E-state index contributed by atoms with van der Waals surface area (Å²) >= 11 is 0. The molecule has 1 atom stereocenters. The number of fused-ring (bicyclic) bond motifs is 3. The number of carbonyl (C=O) groups excluding carboxylic acids is 2. The van der Waals surface area contributed by atoms with E-state index < -0.39 is 23.8 Å². The van der Waals surface area contributed by atoms with Gasteiger partial charge in [-0.2, -0.15) is 0 Å². The third kappa shape index (κ3) is 4.11. The minimum Gasteiger partial charge on any atom is -0.444 e. The summed E-state index contributed by atoms with van der Waals surface area (Å²) in [5.74, 6) is -1.64. The summed E-state index contributed by atoms with van der Waals surface area (Å²) in [6, 6.07) is 7.35. The minimum atomic E-state index is -0.809. The van der Waals surface area contributed by atoms with E-state index in [2.05, 4.69) is 0 Å². The molecule has 5 rings (SSSR count). The maximum atomic E-state index is 15.2. The number of nitrogens with two attached hydrogens (primary N) is 1. The lowest BCUT2D eigenvalue weighted by Crippen LogP contribution is -2.30. The molecule has 0 bridgehead atoms. The number of benzene rings is 2. The number of cyclic esters (lactones) is 1. The molecule has 9 nitrogen and oxygen atoms in total. The fraction of sp³-hybridized carbons (Fsp3) is 0.375. The Bertz CT molecular complexity index is 1380. The number of hydrogen-bond acceptors (Lipinski definition) is 6.